The Morgan fingerprint density at radius 2 is 2.25 bits per heavy atom. The van der Waals surface area contributed by atoms with Crippen LogP contribution in [0.5, 0.6) is 0 Å². The van der Waals surface area contributed by atoms with Crippen LogP contribution in [0.4, 0.5) is 0 Å². The second-order valence-electron chi connectivity index (χ2n) is 4.45. The number of carboxylic acids is 1. The Kier molecular flexibility index (Phi) is 4.07. The average Bonchev–Trinajstić information content (AvgIpc) is 2.72. The lowest BCUT2D eigenvalue weighted by Gasteiger charge is -2.17. The van der Waals surface area contributed by atoms with Crippen LogP contribution in [0.25, 0.3) is 0 Å². The number of carboxylic acid groups (broad SMARTS) is 1. The highest BCUT2D eigenvalue weighted by atomic mass is 32.2. The number of thioether (sulfide) groups is 1. The predicted octanol–water partition coefficient (Wildman–Crippen LogP) is -0.0809. The number of unbranched alkanes of at least 4 members (excludes halogenated alkanes) is 1. The summed E-state index contributed by atoms with van der Waals surface area (Å²) in [6, 6.07) is 0.953. The van der Waals surface area contributed by atoms with Crippen LogP contribution in [-0.4, -0.2) is 40.5 Å². The van der Waals surface area contributed by atoms with Crippen LogP contribution in [0.15, 0.2) is 0 Å². The molecular weight excluding hydrogens is 226 g/mol. The lowest BCUT2D eigenvalue weighted by Crippen LogP contribution is -2.43. The molecule has 2 heterocycles. The van der Waals surface area contributed by atoms with Crippen molar-refractivity contribution in [2.45, 2.75) is 49.3 Å². The Bertz CT molecular complexity index is 264. The van der Waals surface area contributed by atoms with Crippen LogP contribution in [0.3, 0.4) is 0 Å². The van der Waals surface area contributed by atoms with Crippen LogP contribution in [0, 0.1) is 0 Å². The molecule has 6 heteroatoms. The van der Waals surface area contributed by atoms with Crippen molar-refractivity contribution in [2.24, 2.45) is 5.73 Å². The van der Waals surface area contributed by atoms with Gasteiger partial charge in [0.05, 0.1) is 0 Å². The maximum atomic E-state index is 10.4. The Hall–Kier alpha value is -0.300. The van der Waals surface area contributed by atoms with Crippen molar-refractivity contribution in [3.8, 4) is 0 Å². The summed E-state index contributed by atoms with van der Waals surface area (Å²) >= 11 is 1.97. The summed E-state index contributed by atoms with van der Waals surface area (Å²) in [4.78, 5) is 10.4. The first kappa shape index (κ1) is 12.2. The van der Waals surface area contributed by atoms with E-state index in [1.165, 1.54) is 0 Å². The summed E-state index contributed by atoms with van der Waals surface area (Å²) < 4.78 is 0. The number of carbonyl (C=O) groups is 1. The van der Waals surface area contributed by atoms with Crippen molar-refractivity contribution >= 4 is 17.7 Å². The zero-order chi connectivity index (χ0) is 11.5. The molecule has 4 atom stereocenters. The van der Waals surface area contributed by atoms with Crippen molar-refractivity contribution in [1.29, 1.82) is 0 Å². The van der Waals surface area contributed by atoms with E-state index in [1.54, 1.807) is 0 Å². The van der Waals surface area contributed by atoms with Gasteiger partial charge in [-0.25, -0.2) is 0 Å². The fourth-order valence-corrected chi connectivity index (χ4v) is 4.01. The molecule has 0 aromatic heterocycles. The summed E-state index contributed by atoms with van der Waals surface area (Å²) in [5.41, 5.74) is 5.77. The van der Waals surface area contributed by atoms with Crippen molar-refractivity contribution in [3.63, 3.8) is 0 Å². The van der Waals surface area contributed by atoms with Gasteiger partial charge in [0.15, 0.2) is 0 Å². The molecule has 92 valence electrons. The van der Waals surface area contributed by atoms with Gasteiger partial charge in [-0.3, -0.25) is 15.4 Å². The van der Waals surface area contributed by atoms with E-state index >= 15 is 0 Å². The van der Waals surface area contributed by atoms with Crippen LogP contribution in [0.2, 0.25) is 0 Å². The van der Waals surface area contributed by atoms with Gasteiger partial charge < -0.3 is 10.8 Å². The lowest BCUT2D eigenvalue weighted by atomic mass is 10.0. The SMILES string of the molecule is NC1N[C@H]2[C@H](CS[C@H]2CCCCC(=O)O)N1. The Balaban J connectivity index is 1.68. The first-order chi connectivity index (χ1) is 7.66. The highest BCUT2D eigenvalue weighted by molar-refractivity contribution is 8.00. The molecule has 5 N–H and O–H groups in total. The van der Waals surface area contributed by atoms with Crippen LogP contribution in [-0.2, 0) is 4.79 Å². The van der Waals surface area contributed by atoms with Gasteiger partial charge in [0.25, 0.3) is 0 Å². The molecular formula is C10H19N3O2S. The standard InChI is InChI=1S/C10H19N3O2S/c11-10-12-6-5-16-7(9(6)13-10)3-1-2-4-8(14)15/h6-7,9-10,12-13H,1-5,11H2,(H,14,15)/t6-,7-,9-,10?/m0/s1. The quantitative estimate of drug-likeness (QED) is 0.507. The first-order valence-corrected chi connectivity index (χ1v) is 6.83. The van der Waals surface area contributed by atoms with Gasteiger partial charge >= 0.3 is 5.97 Å². The zero-order valence-corrected chi connectivity index (χ0v) is 10.0. The number of rotatable bonds is 5. The summed E-state index contributed by atoms with van der Waals surface area (Å²) in [6.07, 6.45) is 3.07. The molecule has 0 bridgehead atoms. The van der Waals surface area contributed by atoms with Gasteiger partial charge in [0.2, 0.25) is 0 Å². The topological polar surface area (TPSA) is 87.4 Å². The normalized spacial score (nSPS) is 37.6. The van der Waals surface area contributed by atoms with E-state index < -0.39 is 5.97 Å². The maximum Gasteiger partial charge on any atom is 0.303 e. The highest BCUT2D eigenvalue weighted by Crippen LogP contribution is 2.33. The molecule has 2 aliphatic rings. The van der Waals surface area contributed by atoms with Crippen molar-refractivity contribution in [3.05, 3.63) is 0 Å². The van der Waals surface area contributed by atoms with Crippen molar-refractivity contribution < 1.29 is 9.90 Å². The molecule has 2 aliphatic heterocycles. The van der Waals surface area contributed by atoms with Gasteiger partial charge in [0, 0.05) is 29.5 Å². The molecule has 0 saturated carbocycles. The maximum absolute atomic E-state index is 10.4. The zero-order valence-electron chi connectivity index (χ0n) is 9.19. The van der Waals surface area contributed by atoms with Crippen LogP contribution >= 0.6 is 11.8 Å². The fraction of sp³-hybridized carbons (Fsp3) is 0.900. The van der Waals surface area contributed by atoms with Gasteiger partial charge in [0.1, 0.15) is 6.29 Å². The van der Waals surface area contributed by atoms with Crippen LogP contribution in [0.1, 0.15) is 25.7 Å². The molecule has 0 aromatic carbocycles. The van der Waals surface area contributed by atoms with E-state index in [4.69, 9.17) is 10.8 Å². The third-order valence-electron chi connectivity index (χ3n) is 3.22. The fourth-order valence-electron chi connectivity index (χ4n) is 2.44. The number of nitrogens with one attached hydrogen (secondary N) is 2. The molecule has 5 nitrogen and oxygen atoms in total. The van der Waals surface area contributed by atoms with Gasteiger partial charge in [-0.05, 0) is 12.8 Å². The summed E-state index contributed by atoms with van der Waals surface area (Å²) in [6.45, 7) is 0. The van der Waals surface area contributed by atoms with Gasteiger partial charge in [-0.2, -0.15) is 11.8 Å². The van der Waals surface area contributed by atoms with Crippen molar-refractivity contribution in [2.75, 3.05) is 5.75 Å². The van der Waals surface area contributed by atoms with Crippen LogP contribution < -0.4 is 16.4 Å². The number of nitrogens with two attached hydrogens (primary N) is 1. The first-order valence-electron chi connectivity index (χ1n) is 5.78. The molecule has 0 aromatic rings. The molecule has 0 amide bonds. The molecule has 1 unspecified atom stereocenters. The second kappa shape index (κ2) is 5.35. The minimum absolute atomic E-state index is 0.0718. The number of hydrogen-bond acceptors (Lipinski definition) is 5. The number of aliphatic carboxylic acids is 1. The molecule has 2 rings (SSSR count). The molecule has 2 fully saturated rings. The third-order valence-corrected chi connectivity index (χ3v) is 4.73. The minimum Gasteiger partial charge on any atom is -0.481 e. The highest BCUT2D eigenvalue weighted by Gasteiger charge is 2.41. The summed E-state index contributed by atoms with van der Waals surface area (Å²) in [7, 11) is 0. The smallest absolute Gasteiger partial charge is 0.303 e. The Morgan fingerprint density at radius 3 is 3.00 bits per heavy atom. The Labute approximate surface area is 99.5 Å². The third kappa shape index (κ3) is 2.88. The average molecular weight is 245 g/mol. The Morgan fingerprint density at radius 1 is 1.44 bits per heavy atom. The number of hydrogen-bond donors (Lipinski definition) is 4. The molecule has 0 spiro atoms. The van der Waals surface area contributed by atoms with E-state index in [9.17, 15) is 4.79 Å². The lowest BCUT2D eigenvalue weighted by molar-refractivity contribution is -0.137. The monoisotopic (exact) mass is 245 g/mol. The molecule has 16 heavy (non-hydrogen) atoms. The van der Waals surface area contributed by atoms with Gasteiger partial charge in [-0.15, -0.1) is 0 Å². The van der Waals surface area contributed by atoms with Crippen molar-refractivity contribution in [1.82, 2.24) is 10.6 Å². The second-order valence-corrected chi connectivity index (χ2v) is 5.73. The van der Waals surface area contributed by atoms with E-state index in [2.05, 4.69) is 10.6 Å². The van der Waals surface area contributed by atoms with E-state index in [0.717, 1.165) is 25.0 Å². The largest absolute Gasteiger partial charge is 0.481 e. The van der Waals surface area contributed by atoms with E-state index in [-0.39, 0.29) is 12.7 Å². The van der Waals surface area contributed by atoms with Gasteiger partial charge in [-0.1, -0.05) is 6.42 Å². The summed E-state index contributed by atoms with van der Waals surface area (Å²) in [5, 5.41) is 15.8. The van der Waals surface area contributed by atoms with E-state index in [1.807, 2.05) is 11.8 Å². The molecule has 2 saturated heterocycles. The summed E-state index contributed by atoms with van der Waals surface area (Å²) in [5.74, 6) is 0.411. The predicted molar refractivity (Wildman–Crippen MR) is 64.2 cm³/mol. The van der Waals surface area contributed by atoms with E-state index in [0.29, 0.717) is 17.3 Å². The molecule has 0 aliphatic carbocycles. The minimum atomic E-state index is -0.695. The molecule has 0 radical (unpaired) electrons. The number of fused-ring (bicyclic) bond motifs is 1.